The van der Waals surface area contributed by atoms with Crippen LogP contribution >= 0.6 is 11.3 Å². The minimum absolute atomic E-state index is 0.918. The number of nitrogens with zero attached hydrogens (tertiary/aromatic N) is 6. The molecule has 0 spiro atoms. The highest BCUT2D eigenvalue weighted by Gasteiger charge is 2.19. The Kier molecular flexibility index (Phi) is 4.38. The molecule has 0 saturated heterocycles. The lowest BCUT2D eigenvalue weighted by atomic mass is 10.1. The highest BCUT2D eigenvalue weighted by molar-refractivity contribution is 7.23. The van der Waals surface area contributed by atoms with Crippen LogP contribution in [0, 0.1) is 0 Å². The highest BCUT2D eigenvalue weighted by atomic mass is 32.1. The zero-order valence-electron chi connectivity index (χ0n) is 23.8. The van der Waals surface area contributed by atoms with E-state index in [1.54, 1.807) is 11.3 Å². The molecule has 45 heavy (non-hydrogen) atoms. The molecule has 5 aromatic heterocycles. The van der Waals surface area contributed by atoms with Gasteiger partial charge in [-0.2, -0.15) is 0 Å². The quantitative estimate of drug-likeness (QED) is 0.200. The predicted octanol–water partition coefficient (Wildman–Crippen LogP) is 9.54. The first-order chi connectivity index (χ1) is 22.3. The summed E-state index contributed by atoms with van der Waals surface area (Å²) >= 11 is 1.74. The molecule has 11 aromatic rings. The maximum Gasteiger partial charge on any atom is 0.220 e. The van der Waals surface area contributed by atoms with Crippen LogP contribution in [0.3, 0.4) is 0 Å². The van der Waals surface area contributed by atoms with E-state index < -0.39 is 0 Å². The molecular weight excluding hydrogens is 573 g/mol. The van der Waals surface area contributed by atoms with Crippen LogP contribution in [-0.2, 0) is 0 Å². The van der Waals surface area contributed by atoms with Gasteiger partial charge in [-0.1, -0.05) is 65.9 Å². The lowest BCUT2D eigenvalue weighted by Crippen LogP contribution is -1.96. The lowest BCUT2D eigenvalue weighted by molar-refractivity contribution is 1.11. The van der Waals surface area contributed by atoms with Crippen molar-refractivity contribution >= 4 is 87.2 Å². The standard InChI is InChI=1S/C38H22N6S/c1-4-12-29-25(9-1)26-21-23(42-33-15-7-8-16-34(33)43-31-13-5-2-10-27(31)39-37(42)43)17-19-30(26)41(29)24-18-20-35-36(22-24)45-38-40-28-11-3-6-14-32(28)44(35)38/h1-22H. The molecule has 0 N–H and O–H groups in total. The van der Waals surface area contributed by atoms with Crippen molar-refractivity contribution in [3.05, 3.63) is 133 Å². The van der Waals surface area contributed by atoms with E-state index >= 15 is 0 Å². The number of imidazole rings is 3. The molecule has 11 rings (SSSR count). The minimum Gasteiger partial charge on any atom is -0.309 e. The van der Waals surface area contributed by atoms with Crippen molar-refractivity contribution in [1.82, 2.24) is 27.9 Å². The van der Waals surface area contributed by atoms with Gasteiger partial charge in [0.05, 0.1) is 54.4 Å². The molecule has 0 atom stereocenters. The first-order valence-electron chi connectivity index (χ1n) is 15.0. The molecule has 0 aliphatic rings. The average molecular weight is 595 g/mol. The highest BCUT2D eigenvalue weighted by Crippen LogP contribution is 2.38. The van der Waals surface area contributed by atoms with E-state index in [1.165, 1.54) is 32.0 Å². The van der Waals surface area contributed by atoms with Crippen molar-refractivity contribution in [2.24, 2.45) is 0 Å². The molecule has 0 amide bonds. The second kappa shape index (κ2) is 8.37. The SMILES string of the molecule is c1ccc2c(c1)nc1sc3cc(-n4c5ccccc5c5cc(-n6c7ccccc7n7c8ccccc8nc67)ccc54)ccc3n12. The molecule has 7 heteroatoms. The van der Waals surface area contributed by atoms with Gasteiger partial charge in [0.1, 0.15) is 0 Å². The fourth-order valence-electron chi connectivity index (χ4n) is 7.30. The third kappa shape index (κ3) is 3.02. The van der Waals surface area contributed by atoms with Gasteiger partial charge in [0.15, 0.2) is 4.96 Å². The molecule has 0 fully saturated rings. The largest absolute Gasteiger partial charge is 0.309 e. The van der Waals surface area contributed by atoms with Gasteiger partial charge in [-0.15, -0.1) is 0 Å². The van der Waals surface area contributed by atoms with E-state index in [-0.39, 0.29) is 0 Å². The zero-order chi connectivity index (χ0) is 29.2. The van der Waals surface area contributed by atoms with E-state index in [2.05, 4.69) is 145 Å². The summed E-state index contributed by atoms with van der Waals surface area (Å²) in [5.74, 6) is 0.918. The maximum absolute atomic E-state index is 5.10. The predicted molar refractivity (Wildman–Crippen MR) is 186 cm³/mol. The molecule has 6 nitrogen and oxygen atoms in total. The number of para-hydroxylation sites is 7. The molecule has 0 radical (unpaired) electrons. The van der Waals surface area contributed by atoms with Gasteiger partial charge in [-0.25, -0.2) is 9.97 Å². The van der Waals surface area contributed by atoms with Crippen LogP contribution in [0.4, 0.5) is 0 Å². The second-order valence-electron chi connectivity index (χ2n) is 11.6. The van der Waals surface area contributed by atoms with Gasteiger partial charge in [0, 0.05) is 22.1 Å². The van der Waals surface area contributed by atoms with Gasteiger partial charge >= 0.3 is 0 Å². The number of aromatic nitrogens is 6. The van der Waals surface area contributed by atoms with Crippen molar-refractivity contribution in [2.45, 2.75) is 0 Å². The molecule has 6 aromatic carbocycles. The average Bonchev–Trinajstić information content (AvgIpc) is 3.87. The van der Waals surface area contributed by atoms with E-state index in [9.17, 15) is 0 Å². The third-order valence-electron chi connectivity index (χ3n) is 9.19. The Morgan fingerprint density at radius 1 is 0.422 bits per heavy atom. The van der Waals surface area contributed by atoms with Crippen LogP contribution in [0.25, 0.3) is 87.2 Å². The number of hydrogen-bond donors (Lipinski definition) is 0. The fraction of sp³-hybridized carbons (Fsp3) is 0. The number of rotatable bonds is 2. The Morgan fingerprint density at radius 2 is 1.02 bits per heavy atom. The smallest absolute Gasteiger partial charge is 0.220 e. The van der Waals surface area contributed by atoms with Crippen LogP contribution < -0.4 is 0 Å². The summed E-state index contributed by atoms with van der Waals surface area (Å²) in [5.41, 5.74) is 12.3. The van der Waals surface area contributed by atoms with E-state index in [0.717, 1.165) is 55.2 Å². The Morgan fingerprint density at radius 3 is 1.84 bits per heavy atom. The summed E-state index contributed by atoms with van der Waals surface area (Å²) in [4.78, 5) is 11.0. The van der Waals surface area contributed by atoms with E-state index in [0.29, 0.717) is 0 Å². The maximum atomic E-state index is 5.10. The second-order valence-corrected chi connectivity index (χ2v) is 12.6. The molecule has 5 heterocycles. The summed E-state index contributed by atoms with van der Waals surface area (Å²) in [6.45, 7) is 0. The fourth-order valence-corrected chi connectivity index (χ4v) is 8.37. The molecule has 0 aliphatic carbocycles. The Labute approximate surface area is 259 Å². The minimum atomic E-state index is 0.918. The van der Waals surface area contributed by atoms with Gasteiger partial charge in [-0.05, 0) is 78.9 Å². The van der Waals surface area contributed by atoms with Gasteiger partial charge in [0.25, 0.3) is 0 Å². The van der Waals surface area contributed by atoms with Crippen molar-refractivity contribution in [3.63, 3.8) is 0 Å². The molecular formula is C38H22N6S. The Balaban J connectivity index is 1.17. The first-order valence-corrected chi connectivity index (χ1v) is 15.8. The van der Waals surface area contributed by atoms with Crippen LogP contribution in [0.15, 0.2) is 133 Å². The summed E-state index contributed by atoms with van der Waals surface area (Å²) in [6.07, 6.45) is 0. The summed E-state index contributed by atoms with van der Waals surface area (Å²) in [6, 6.07) is 47.6. The van der Waals surface area contributed by atoms with Crippen molar-refractivity contribution in [3.8, 4) is 11.4 Å². The number of benzene rings is 6. The first kappa shape index (κ1) is 23.5. The van der Waals surface area contributed by atoms with E-state index in [4.69, 9.17) is 9.97 Å². The van der Waals surface area contributed by atoms with E-state index in [1.807, 2.05) is 6.07 Å². The van der Waals surface area contributed by atoms with Crippen molar-refractivity contribution in [2.75, 3.05) is 0 Å². The van der Waals surface area contributed by atoms with Crippen molar-refractivity contribution in [1.29, 1.82) is 0 Å². The van der Waals surface area contributed by atoms with Gasteiger partial charge < -0.3 is 4.57 Å². The number of fused-ring (bicyclic) bond motifs is 13. The molecule has 0 saturated carbocycles. The third-order valence-corrected chi connectivity index (χ3v) is 10.2. The summed E-state index contributed by atoms with van der Waals surface area (Å²) in [7, 11) is 0. The van der Waals surface area contributed by atoms with Crippen LogP contribution in [0.5, 0.6) is 0 Å². The molecule has 0 unspecified atom stereocenters. The van der Waals surface area contributed by atoms with Crippen LogP contribution in [0.2, 0.25) is 0 Å². The van der Waals surface area contributed by atoms with Crippen LogP contribution in [-0.4, -0.2) is 27.9 Å². The normalized spacial score (nSPS) is 12.4. The summed E-state index contributed by atoms with van der Waals surface area (Å²) in [5, 5.41) is 2.43. The topological polar surface area (TPSA) is 44.5 Å². The summed E-state index contributed by atoms with van der Waals surface area (Å²) < 4.78 is 10.4. The lowest BCUT2D eigenvalue weighted by Gasteiger charge is -2.09. The molecule has 0 bridgehead atoms. The van der Waals surface area contributed by atoms with Crippen molar-refractivity contribution < 1.29 is 0 Å². The number of hydrogen-bond acceptors (Lipinski definition) is 3. The molecule has 0 aliphatic heterocycles. The molecule has 210 valence electrons. The zero-order valence-corrected chi connectivity index (χ0v) is 24.6. The Hall–Kier alpha value is -5.92. The van der Waals surface area contributed by atoms with Crippen LogP contribution in [0.1, 0.15) is 0 Å². The van der Waals surface area contributed by atoms with Gasteiger partial charge in [0.2, 0.25) is 5.78 Å². The Bertz CT molecular complexity index is 3000. The number of thiazole rings is 1. The van der Waals surface area contributed by atoms with Gasteiger partial charge in [-0.3, -0.25) is 13.4 Å². The monoisotopic (exact) mass is 594 g/mol.